The zero-order valence-electron chi connectivity index (χ0n) is 13.0. The van der Waals surface area contributed by atoms with E-state index in [9.17, 15) is 4.79 Å². The van der Waals surface area contributed by atoms with Gasteiger partial charge in [0.25, 0.3) is 0 Å². The molecule has 1 aromatic heterocycles. The van der Waals surface area contributed by atoms with Crippen molar-refractivity contribution in [1.29, 1.82) is 0 Å². The highest BCUT2D eigenvalue weighted by molar-refractivity contribution is 5.98. The number of aromatic nitrogens is 1. The molecule has 4 heteroatoms. The van der Waals surface area contributed by atoms with Gasteiger partial charge in [-0.2, -0.15) is 0 Å². The highest BCUT2D eigenvalue weighted by Crippen LogP contribution is 2.17. The summed E-state index contributed by atoms with van der Waals surface area (Å²) in [6.45, 7) is 4.50. The van der Waals surface area contributed by atoms with Gasteiger partial charge in [0.2, 0.25) is 5.78 Å². The molecule has 1 aromatic carbocycles. The summed E-state index contributed by atoms with van der Waals surface area (Å²) in [4.78, 5) is 12.3. The van der Waals surface area contributed by atoms with Crippen LogP contribution in [0.15, 0.2) is 30.3 Å². The quantitative estimate of drug-likeness (QED) is 0.767. The number of carbonyl (C=O) groups is 1. The van der Waals surface area contributed by atoms with Crippen LogP contribution in [0.3, 0.4) is 0 Å². The van der Waals surface area contributed by atoms with Crippen LogP contribution in [-0.4, -0.2) is 24.1 Å². The van der Waals surface area contributed by atoms with Crippen LogP contribution >= 0.6 is 0 Å². The Bertz CT molecular complexity index is 643. The second-order valence-corrected chi connectivity index (χ2v) is 5.14. The van der Waals surface area contributed by atoms with Crippen LogP contribution in [0.2, 0.25) is 0 Å². The Labute approximate surface area is 125 Å². The fourth-order valence-corrected chi connectivity index (χ4v) is 2.26. The van der Waals surface area contributed by atoms with Gasteiger partial charge in [-0.25, -0.2) is 0 Å². The average molecular weight is 287 g/mol. The molecule has 1 heterocycles. The maximum absolute atomic E-state index is 12.3. The maximum atomic E-state index is 12.3. The number of carbonyl (C=O) groups excluding carboxylic acids is 1. The first-order valence-corrected chi connectivity index (χ1v) is 6.89. The molecule has 0 spiro atoms. The van der Waals surface area contributed by atoms with Gasteiger partial charge in [0.15, 0.2) is 6.61 Å². The van der Waals surface area contributed by atoms with Gasteiger partial charge in [0, 0.05) is 31.1 Å². The number of aryl methyl sites for hydroxylation is 1. The van der Waals surface area contributed by atoms with Crippen molar-refractivity contribution in [2.24, 2.45) is 7.05 Å². The fraction of sp³-hybridized carbons (Fsp3) is 0.353. The summed E-state index contributed by atoms with van der Waals surface area (Å²) in [6.07, 6.45) is 0. The van der Waals surface area contributed by atoms with E-state index in [0.717, 1.165) is 22.5 Å². The molecule has 0 unspecified atom stereocenters. The van der Waals surface area contributed by atoms with Crippen LogP contribution in [-0.2, 0) is 18.4 Å². The summed E-state index contributed by atoms with van der Waals surface area (Å²) in [5.74, 6) is 0.677. The first-order chi connectivity index (χ1) is 10.0. The topological polar surface area (TPSA) is 40.5 Å². The van der Waals surface area contributed by atoms with Crippen molar-refractivity contribution >= 4 is 5.78 Å². The normalized spacial score (nSPS) is 10.7. The van der Waals surface area contributed by atoms with Crippen LogP contribution in [0.5, 0.6) is 5.75 Å². The molecule has 0 aliphatic heterocycles. The number of ketones is 1. The molecular formula is C17H21NO3. The van der Waals surface area contributed by atoms with Gasteiger partial charge < -0.3 is 14.0 Å². The Balaban J connectivity index is 2.04. The van der Waals surface area contributed by atoms with Crippen LogP contribution < -0.4 is 4.74 Å². The summed E-state index contributed by atoms with van der Waals surface area (Å²) in [5, 5.41) is 0. The van der Waals surface area contributed by atoms with E-state index in [2.05, 4.69) is 0 Å². The van der Waals surface area contributed by atoms with Crippen LogP contribution in [0.1, 0.15) is 27.3 Å². The molecule has 0 saturated heterocycles. The van der Waals surface area contributed by atoms with E-state index in [-0.39, 0.29) is 12.4 Å². The standard InChI is InChI=1S/C17H21NO3/c1-12-8-16(13(2)18(12)3)17(19)11-21-15-7-5-6-14(9-15)10-20-4/h5-9H,10-11H2,1-4H3. The Morgan fingerprint density at radius 3 is 2.62 bits per heavy atom. The van der Waals surface area contributed by atoms with Crippen LogP contribution in [0.25, 0.3) is 0 Å². The maximum Gasteiger partial charge on any atom is 0.202 e. The van der Waals surface area contributed by atoms with Gasteiger partial charge in [-0.1, -0.05) is 12.1 Å². The number of hydrogen-bond donors (Lipinski definition) is 0. The van der Waals surface area contributed by atoms with E-state index >= 15 is 0 Å². The van der Waals surface area contributed by atoms with E-state index in [1.165, 1.54) is 0 Å². The first-order valence-electron chi connectivity index (χ1n) is 6.89. The van der Waals surface area contributed by atoms with Gasteiger partial charge in [-0.15, -0.1) is 0 Å². The molecule has 2 rings (SSSR count). The predicted molar refractivity (Wildman–Crippen MR) is 81.9 cm³/mol. The lowest BCUT2D eigenvalue weighted by molar-refractivity contribution is 0.0920. The molecule has 21 heavy (non-hydrogen) atoms. The van der Waals surface area contributed by atoms with Gasteiger partial charge in [0.05, 0.1) is 6.61 Å². The van der Waals surface area contributed by atoms with Gasteiger partial charge in [-0.3, -0.25) is 4.79 Å². The van der Waals surface area contributed by atoms with Crippen LogP contribution in [0, 0.1) is 13.8 Å². The third-order valence-corrected chi connectivity index (χ3v) is 3.65. The van der Waals surface area contributed by atoms with Crippen molar-refractivity contribution in [3.63, 3.8) is 0 Å². The summed E-state index contributed by atoms with van der Waals surface area (Å²) < 4.78 is 12.7. The number of benzene rings is 1. The van der Waals surface area contributed by atoms with Crippen molar-refractivity contribution < 1.29 is 14.3 Å². The molecule has 4 nitrogen and oxygen atoms in total. The molecule has 0 aliphatic rings. The zero-order chi connectivity index (χ0) is 15.4. The molecule has 0 bridgehead atoms. The van der Waals surface area contributed by atoms with E-state index < -0.39 is 0 Å². The predicted octanol–water partition coefficient (Wildman–Crippen LogP) is 3.05. The van der Waals surface area contributed by atoms with Gasteiger partial charge in [-0.05, 0) is 37.6 Å². The minimum atomic E-state index is -0.00616. The number of nitrogens with zero attached hydrogens (tertiary/aromatic N) is 1. The van der Waals surface area contributed by atoms with Crippen molar-refractivity contribution in [3.05, 3.63) is 52.8 Å². The number of ether oxygens (including phenoxy) is 2. The minimum Gasteiger partial charge on any atom is -0.485 e. The number of rotatable bonds is 6. The second kappa shape index (κ2) is 6.59. The SMILES string of the molecule is COCc1cccc(OCC(=O)c2cc(C)n(C)c2C)c1. The van der Waals surface area contributed by atoms with Crippen molar-refractivity contribution in [1.82, 2.24) is 4.57 Å². The fourth-order valence-electron chi connectivity index (χ4n) is 2.26. The monoisotopic (exact) mass is 287 g/mol. The zero-order valence-corrected chi connectivity index (χ0v) is 13.0. The Kier molecular flexibility index (Phi) is 4.81. The van der Waals surface area contributed by atoms with Crippen molar-refractivity contribution in [3.8, 4) is 5.75 Å². The van der Waals surface area contributed by atoms with Crippen molar-refractivity contribution in [2.45, 2.75) is 20.5 Å². The smallest absolute Gasteiger partial charge is 0.202 e. The van der Waals surface area contributed by atoms with Crippen LogP contribution in [0.4, 0.5) is 0 Å². The van der Waals surface area contributed by atoms with Gasteiger partial charge in [0.1, 0.15) is 5.75 Å². The lowest BCUT2D eigenvalue weighted by Crippen LogP contribution is -2.12. The Morgan fingerprint density at radius 2 is 2.00 bits per heavy atom. The van der Waals surface area contributed by atoms with E-state index in [0.29, 0.717) is 12.4 Å². The molecule has 0 saturated carbocycles. The molecule has 0 atom stereocenters. The summed E-state index contributed by atoms with van der Waals surface area (Å²) in [7, 11) is 3.61. The summed E-state index contributed by atoms with van der Waals surface area (Å²) in [5.41, 5.74) is 3.78. The average Bonchev–Trinajstić information content (AvgIpc) is 2.73. The number of Topliss-reactive ketones (excluding diaryl/α,β-unsaturated/α-hetero) is 1. The third kappa shape index (κ3) is 3.52. The molecule has 112 valence electrons. The molecule has 0 fully saturated rings. The highest BCUT2D eigenvalue weighted by Gasteiger charge is 2.14. The summed E-state index contributed by atoms with van der Waals surface area (Å²) in [6, 6.07) is 9.49. The molecule has 2 aromatic rings. The van der Waals surface area contributed by atoms with E-state index in [1.54, 1.807) is 7.11 Å². The van der Waals surface area contributed by atoms with E-state index in [1.807, 2.05) is 55.8 Å². The lowest BCUT2D eigenvalue weighted by Gasteiger charge is -2.07. The molecular weight excluding hydrogens is 266 g/mol. The minimum absolute atomic E-state index is 0.00616. The largest absolute Gasteiger partial charge is 0.485 e. The van der Waals surface area contributed by atoms with Gasteiger partial charge >= 0.3 is 0 Å². The molecule has 0 aliphatic carbocycles. The van der Waals surface area contributed by atoms with Crippen molar-refractivity contribution in [2.75, 3.05) is 13.7 Å². The summed E-state index contributed by atoms with van der Waals surface area (Å²) >= 11 is 0. The lowest BCUT2D eigenvalue weighted by atomic mass is 10.1. The first kappa shape index (κ1) is 15.3. The molecule has 0 N–H and O–H groups in total. The Hall–Kier alpha value is -2.07. The number of methoxy groups -OCH3 is 1. The highest BCUT2D eigenvalue weighted by atomic mass is 16.5. The van der Waals surface area contributed by atoms with E-state index in [4.69, 9.17) is 9.47 Å². The Morgan fingerprint density at radius 1 is 1.24 bits per heavy atom. The second-order valence-electron chi connectivity index (χ2n) is 5.14. The molecule has 0 amide bonds. The number of hydrogen-bond acceptors (Lipinski definition) is 3. The third-order valence-electron chi connectivity index (χ3n) is 3.65. The molecule has 0 radical (unpaired) electrons.